The van der Waals surface area contributed by atoms with Crippen molar-refractivity contribution in [1.29, 1.82) is 0 Å². The lowest BCUT2D eigenvalue weighted by Crippen LogP contribution is -2.40. The molecule has 0 radical (unpaired) electrons. The summed E-state index contributed by atoms with van der Waals surface area (Å²) in [5.41, 5.74) is 0.443. The number of likely N-dealkylation sites (tertiary alicyclic amines) is 1. The molecule has 0 aromatic carbocycles. The zero-order valence-electron chi connectivity index (χ0n) is 11.1. The van der Waals surface area contributed by atoms with Crippen molar-refractivity contribution < 1.29 is 0 Å². The van der Waals surface area contributed by atoms with Crippen molar-refractivity contribution in [2.75, 3.05) is 33.2 Å². The maximum absolute atomic E-state index is 3.33. The van der Waals surface area contributed by atoms with Gasteiger partial charge in [-0.2, -0.15) is 0 Å². The summed E-state index contributed by atoms with van der Waals surface area (Å²) in [6.07, 6.45) is 1.26. The molecule has 1 saturated heterocycles. The second-order valence-electron chi connectivity index (χ2n) is 5.84. The minimum atomic E-state index is 0.443. The van der Waals surface area contributed by atoms with Crippen molar-refractivity contribution in [2.45, 2.75) is 34.1 Å². The SMILES string of the molecule is CCC(C)(CNC)CN1CC(C)C(C)C1. The molecule has 0 saturated carbocycles. The molecule has 0 amide bonds. The number of hydrogen-bond acceptors (Lipinski definition) is 2. The lowest BCUT2D eigenvalue weighted by Gasteiger charge is -2.33. The molecule has 1 aliphatic rings. The van der Waals surface area contributed by atoms with E-state index in [0.29, 0.717) is 5.41 Å². The molecule has 3 atom stereocenters. The van der Waals surface area contributed by atoms with Crippen molar-refractivity contribution >= 4 is 0 Å². The summed E-state index contributed by atoms with van der Waals surface area (Å²) in [4.78, 5) is 2.65. The van der Waals surface area contributed by atoms with Crippen LogP contribution >= 0.6 is 0 Å². The molecule has 0 spiro atoms. The molecule has 1 N–H and O–H groups in total. The van der Waals surface area contributed by atoms with Gasteiger partial charge in [-0.3, -0.25) is 0 Å². The van der Waals surface area contributed by atoms with Crippen LogP contribution in [-0.4, -0.2) is 38.1 Å². The van der Waals surface area contributed by atoms with Gasteiger partial charge in [0.15, 0.2) is 0 Å². The Morgan fingerprint density at radius 2 is 1.80 bits per heavy atom. The quantitative estimate of drug-likeness (QED) is 0.751. The summed E-state index contributed by atoms with van der Waals surface area (Å²) in [5.74, 6) is 1.75. The molecule has 2 nitrogen and oxygen atoms in total. The average molecular weight is 212 g/mol. The first-order valence-electron chi connectivity index (χ1n) is 6.37. The maximum atomic E-state index is 3.33. The molecular formula is C13H28N2. The Hall–Kier alpha value is -0.0800. The van der Waals surface area contributed by atoms with E-state index in [9.17, 15) is 0 Å². The topological polar surface area (TPSA) is 15.3 Å². The van der Waals surface area contributed by atoms with Gasteiger partial charge in [-0.25, -0.2) is 0 Å². The van der Waals surface area contributed by atoms with Crippen LogP contribution in [0.5, 0.6) is 0 Å². The fraction of sp³-hybridized carbons (Fsp3) is 1.00. The highest BCUT2D eigenvalue weighted by molar-refractivity contribution is 4.85. The smallest absolute Gasteiger partial charge is 0.00476 e. The van der Waals surface area contributed by atoms with E-state index >= 15 is 0 Å². The highest BCUT2D eigenvalue weighted by atomic mass is 15.2. The summed E-state index contributed by atoms with van der Waals surface area (Å²) in [6.45, 7) is 14.4. The van der Waals surface area contributed by atoms with E-state index in [4.69, 9.17) is 0 Å². The fourth-order valence-electron chi connectivity index (χ4n) is 2.64. The third-order valence-corrected chi connectivity index (χ3v) is 4.13. The molecule has 1 rings (SSSR count). The van der Waals surface area contributed by atoms with Crippen molar-refractivity contribution in [1.82, 2.24) is 10.2 Å². The molecule has 1 heterocycles. The van der Waals surface area contributed by atoms with E-state index < -0.39 is 0 Å². The van der Waals surface area contributed by atoms with Crippen molar-refractivity contribution in [3.8, 4) is 0 Å². The maximum Gasteiger partial charge on any atom is 0.00476 e. The first-order chi connectivity index (χ1) is 7.00. The molecule has 90 valence electrons. The summed E-state index contributed by atoms with van der Waals surface area (Å²) < 4.78 is 0. The monoisotopic (exact) mass is 212 g/mol. The highest BCUT2D eigenvalue weighted by Crippen LogP contribution is 2.28. The zero-order valence-corrected chi connectivity index (χ0v) is 11.1. The second kappa shape index (κ2) is 5.31. The van der Waals surface area contributed by atoms with E-state index in [1.807, 2.05) is 0 Å². The van der Waals surface area contributed by atoms with Crippen LogP contribution in [0.4, 0.5) is 0 Å². The van der Waals surface area contributed by atoms with Gasteiger partial charge < -0.3 is 10.2 Å². The van der Waals surface area contributed by atoms with Crippen LogP contribution in [0.1, 0.15) is 34.1 Å². The van der Waals surface area contributed by atoms with Crippen LogP contribution < -0.4 is 5.32 Å². The summed E-state index contributed by atoms with van der Waals surface area (Å²) in [7, 11) is 2.06. The fourth-order valence-corrected chi connectivity index (χ4v) is 2.64. The van der Waals surface area contributed by atoms with Crippen LogP contribution in [-0.2, 0) is 0 Å². The van der Waals surface area contributed by atoms with Crippen LogP contribution in [0, 0.1) is 17.3 Å². The van der Waals surface area contributed by atoms with Gasteiger partial charge in [0.1, 0.15) is 0 Å². The normalized spacial score (nSPS) is 31.8. The minimum absolute atomic E-state index is 0.443. The van der Waals surface area contributed by atoms with E-state index in [1.54, 1.807) is 0 Å². The predicted molar refractivity (Wildman–Crippen MR) is 67.1 cm³/mol. The average Bonchev–Trinajstić information content (AvgIpc) is 2.46. The van der Waals surface area contributed by atoms with Gasteiger partial charge >= 0.3 is 0 Å². The third kappa shape index (κ3) is 3.46. The van der Waals surface area contributed by atoms with Crippen molar-refractivity contribution in [2.24, 2.45) is 17.3 Å². The van der Waals surface area contributed by atoms with Gasteiger partial charge in [0.2, 0.25) is 0 Å². The number of nitrogens with zero attached hydrogens (tertiary/aromatic N) is 1. The molecule has 0 aromatic rings. The van der Waals surface area contributed by atoms with Crippen molar-refractivity contribution in [3.63, 3.8) is 0 Å². The second-order valence-corrected chi connectivity index (χ2v) is 5.84. The standard InChI is InChI=1S/C13H28N2/c1-6-13(4,9-14-5)10-15-7-11(2)12(3)8-15/h11-12,14H,6-10H2,1-5H3. The molecule has 2 heteroatoms. The van der Waals surface area contributed by atoms with Crippen LogP contribution in [0.2, 0.25) is 0 Å². The van der Waals surface area contributed by atoms with E-state index in [1.165, 1.54) is 26.1 Å². The van der Waals surface area contributed by atoms with Gasteiger partial charge in [0.25, 0.3) is 0 Å². The Kier molecular flexibility index (Phi) is 4.60. The van der Waals surface area contributed by atoms with Gasteiger partial charge in [-0.05, 0) is 30.7 Å². The summed E-state index contributed by atoms with van der Waals surface area (Å²) >= 11 is 0. The molecular weight excluding hydrogens is 184 g/mol. The van der Waals surface area contributed by atoms with Crippen molar-refractivity contribution in [3.05, 3.63) is 0 Å². The van der Waals surface area contributed by atoms with E-state index in [-0.39, 0.29) is 0 Å². The Morgan fingerprint density at radius 1 is 1.27 bits per heavy atom. The Balaban J connectivity index is 2.46. The molecule has 1 fully saturated rings. The first kappa shape index (κ1) is 13.0. The predicted octanol–water partition coefficient (Wildman–Crippen LogP) is 2.21. The number of rotatable bonds is 5. The minimum Gasteiger partial charge on any atom is -0.319 e. The number of hydrogen-bond donors (Lipinski definition) is 1. The van der Waals surface area contributed by atoms with E-state index in [2.05, 4.69) is 45.0 Å². The van der Waals surface area contributed by atoms with Gasteiger partial charge in [0.05, 0.1) is 0 Å². The highest BCUT2D eigenvalue weighted by Gasteiger charge is 2.31. The van der Waals surface area contributed by atoms with Gasteiger partial charge in [-0.15, -0.1) is 0 Å². The van der Waals surface area contributed by atoms with Gasteiger partial charge in [-0.1, -0.05) is 27.7 Å². The van der Waals surface area contributed by atoms with Gasteiger partial charge in [0, 0.05) is 26.2 Å². The molecule has 0 aliphatic carbocycles. The van der Waals surface area contributed by atoms with Crippen LogP contribution in [0.25, 0.3) is 0 Å². The molecule has 3 unspecified atom stereocenters. The zero-order chi connectivity index (χ0) is 11.5. The Bertz CT molecular complexity index is 183. The number of nitrogens with one attached hydrogen (secondary N) is 1. The van der Waals surface area contributed by atoms with Crippen LogP contribution in [0.15, 0.2) is 0 Å². The van der Waals surface area contributed by atoms with E-state index in [0.717, 1.165) is 18.4 Å². The first-order valence-corrected chi connectivity index (χ1v) is 6.37. The molecule has 0 aromatic heterocycles. The summed E-state index contributed by atoms with van der Waals surface area (Å²) in [6, 6.07) is 0. The molecule has 0 bridgehead atoms. The lowest BCUT2D eigenvalue weighted by atomic mass is 9.87. The Morgan fingerprint density at radius 3 is 2.20 bits per heavy atom. The lowest BCUT2D eigenvalue weighted by molar-refractivity contribution is 0.177. The largest absolute Gasteiger partial charge is 0.319 e. The molecule has 1 aliphatic heterocycles. The third-order valence-electron chi connectivity index (χ3n) is 4.13. The van der Waals surface area contributed by atoms with Crippen LogP contribution in [0.3, 0.4) is 0 Å². The Labute approximate surface area is 95.4 Å². The molecule has 15 heavy (non-hydrogen) atoms. The summed E-state index contributed by atoms with van der Waals surface area (Å²) in [5, 5.41) is 3.33.